The van der Waals surface area contributed by atoms with Gasteiger partial charge in [0.2, 0.25) is 0 Å². The molecule has 0 spiro atoms. The number of hydrogen-bond acceptors (Lipinski definition) is 4. The zero-order valence-electron chi connectivity index (χ0n) is 10.6. The fraction of sp³-hybridized carbons (Fsp3) is 0.750. The highest BCUT2D eigenvalue weighted by Crippen LogP contribution is 2.26. The van der Waals surface area contributed by atoms with E-state index in [0.29, 0.717) is 11.6 Å². The average Bonchev–Trinajstić information content (AvgIpc) is 2.53. The molecule has 1 aromatic heterocycles. The Morgan fingerprint density at radius 1 is 1.47 bits per heavy atom. The van der Waals surface area contributed by atoms with Gasteiger partial charge in [-0.3, -0.25) is 4.68 Å². The summed E-state index contributed by atoms with van der Waals surface area (Å²) >= 11 is 0. The summed E-state index contributed by atoms with van der Waals surface area (Å²) < 4.78 is 1.76. The molecule has 0 bridgehead atoms. The highest BCUT2D eigenvalue weighted by molar-refractivity contribution is 5.64. The number of aryl methyl sites for hydroxylation is 2. The van der Waals surface area contributed by atoms with Gasteiger partial charge in [0.1, 0.15) is 5.82 Å². The second-order valence-corrected chi connectivity index (χ2v) is 4.96. The molecule has 0 saturated heterocycles. The van der Waals surface area contributed by atoms with Crippen LogP contribution in [0.15, 0.2) is 0 Å². The number of nitrogens with two attached hydrogens (primary N) is 1. The molecule has 1 heterocycles. The van der Waals surface area contributed by atoms with Gasteiger partial charge in [-0.15, -0.1) is 0 Å². The maximum Gasteiger partial charge on any atom is 0.147 e. The molecule has 1 aromatic rings. The number of nitrogens with zero attached hydrogens (tertiary/aromatic N) is 2. The highest BCUT2D eigenvalue weighted by Gasteiger charge is 2.23. The van der Waals surface area contributed by atoms with E-state index in [1.165, 1.54) is 6.42 Å². The molecule has 17 heavy (non-hydrogen) atoms. The molecule has 1 fully saturated rings. The highest BCUT2D eigenvalue weighted by atomic mass is 16.3. The van der Waals surface area contributed by atoms with E-state index in [9.17, 15) is 5.11 Å². The van der Waals surface area contributed by atoms with Crippen LogP contribution in [-0.4, -0.2) is 27.5 Å². The lowest BCUT2D eigenvalue weighted by molar-refractivity contribution is 0.0762. The zero-order valence-corrected chi connectivity index (χ0v) is 10.6. The van der Waals surface area contributed by atoms with Gasteiger partial charge in [0.25, 0.3) is 0 Å². The summed E-state index contributed by atoms with van der Waals surface area (Å²) in [6, 6.07) is 0. The van der Waals surface area contributed by atoms with Gasteiger partial charge in [0.15, 0.2) is 0 Å². The first-order chi connectivity index (χ1) is 8.09. The van der Waals surface area contributed by atoms with Crippen molar-refractivity contribution in [3.63, 3.8) is 0 Å². The Hall–Kier alpha value is -1.23. The summed E-state index contributed by atoms with van der Waals surface area (Å²) in [4.78, 5) is 0. The van der Waals surface area contributed by atoms with Crippen molar-refractivity contribution in [3.8, 4) is 0 Å². The molecular weight excluding hydrogens is 216 g/mol. The molecule has 96 valence electrons. The van der Waals surface area contributed by atoms with E-state index in [1.54, 1.807) is 4.68 Å². The molecule has 2 atom stereocenters. The Bertz CT molecular complexity index is 388. The molecule has 2 rings (SSSR count). The molecule has 0 amide bonds. The second-order valence-electron chi connectivity index (χ2n) is 4.96. The largest absolute Gasteiger partial charge is 0.394 e. The Labute approximate surface area is 102 Å². The van der Waals surface area contributed by atoms with Crippen LogP contribution >= 0.6 is 0 Å². The molecule has 4 N–H and O–H groups in total. The van der Waals surface area contributed by atoms with Crippen molar-refractivity contribution in [2.24, 2.45) is 13.0 Å². The summed E-state index contributed by atoms with van der Waals surface area (Å²) in [6.07, 6.45) is 4.19. The van der Waals surface area contributed by atoms with Crippen LogP contribution in [0.25, 0.3) is 0 Å². The van der Waals surface area contributed by atoms with Crippen LogP contribution < -0.4 is 11.1 Å². The van der Waals surface area contributed by atoms with E-state index < -0.39 is 0 Å². The normalized spacial score (nSPS) is 24.9. The van der Waals surface area contributed by atoms with Crippen molar-refractivity contribution in [2.45, 2.75) is 38.7 Å². The lowest BCUT2D eigenvalue weighted by Gasteiger charge is -2.28. The molecule has 1 aliphatic carbocycles. The standard InChI is InChI=1S/C12H22N4O/c1-8-11(13)12(16(2)15-8)14-7-9-5-3-4-6-10(9)17/h9-10,14,17H,3-7,13H2,1-2H3. The van der Waals surface area contributed by atoms with E-state index in [-0.39, 0.29) is 6.10 Å². The minimum atomic E-state index is -0.174. The third-order valence-corrected chi connectivity index (χ3v) is 3.67. The number of aromatic nitrogens is 2. The maximum absolute atomic E-state index is 9.90. The summed E-state index contributed by atoms with van der Waals surface area (Å²) in [5.74, 6) is 1.19. The quantitative estimate of drug-likeness (QED) is 0.741. The monoisotopic (exact) mass is 238 g/mol. The number of aliphatic hydroxyl groups is 1. The lowest BCUT2D eigenvalue weighted by atomic mass is 9.86. The Kier molecular flexibility index (Phi) is 3.57. The first-order valence-electron chi connectivity index (χ1n) is 6.30. The van der Waals surface area contributed by atoms with Crippen molar-refractivity contribution >= 4 is 11.5 Å². The average molecular weight is 238 g/mol. The molecular formula is C12H22N4O. The predicted octanol–water partition coefficient (Wildman–Crippen LogP) is 1.27. The van der Waals surface area contributed by atoms with Crippen molar-refractivity contribution in [2.75, 3.05) is 17.6 Å². The van der Waals surface area contributed by atoms with Gasteiger partial charge in [-0.2, -0.15) is 5.10 Å². The van der Waals surface area contributed by atoms with Gasteiger partial charge in [-0.05, 0) is 19.8 Å². The van der Waals surface area contributed by atoms with Crippen LogP contribution in [0, 0.1) is 12.8 Å². The topological polar surface area (TPSA) is 76.1 Å². The molecule has 5 heteroatoms. The van der Waals surface area contributed by atoms with Crippen molar-refractivity contribution in [1.29, 1.82) is 0 Å². The van der Waals surface area contributed by atoms with Crippen molar-refractivity contribution < 1.29 is 5.11 Å². The van der Waals surface area contributed by atoms with Gasteiger partial charge in [-0.25, -0.2) is 0 Å². The predicted molar refractivity (Wildman–Crippen MR) is 68.8 cm³/mol. The SMILES string of the molecule is Cc1nn(C)c(NCC2CCCCC2O)c1N. The maximum atomic E-state index is 9.90. The number of anilines is 2. The summed E-state index contributed by atoms with van der Waals surface area (Å²) in [5.41, 5.74) is 7.50. The molecule has 5 nitrogen and oxygen atoms in total. The molecule has 0 aromatic carbocycles. The first-order valence-corrected chi connectivity index (χ1v) is 6.30. The van der Waals surface area contributed by atoms with E-state index >= 15 is 0 Å². The summed E-state index contributed by atoms with van der Waals surface area (Å²) in [7, 11) is 1.88. The van der Waals surface area contributed by atoms with Gasteiger partial charge < -0.3 is 16.2 Å². The Morgan fingerprint density at radius 3 is 2.76 bits per heavy atom. The fourth-order valence-electron chi connectivity index (χ4n) is 2.54. The fourth-order valence-corrected chi connectivity index (χ4v) is 2.54. The van der Waals surface area contributed by atoms with Crippen LogP contribution in [0.2, 0.25) is 0 Å². The molecule has 0 radical (unpaired) electrons. The van der Waals surface area contributed by atoms with Gasteiger partial charge in [0.05, 0.1) is 17.5 Å². The minimum absolute atomic E-state index is 0.174. The van der Waals surface area contributed by atoms with Crippen LogP contribution in [0.5, 0.6) is 0 Å². The number of nitrogen functional groups attached to an aromatic ring is 1. The number of aliphatic hydroxyl groups excluding tert-OH is 1. The number of rotatable bonds is 3. The van der Waals surface area contributed by atoms with Crippen LogP contribution in [0.3, 0.4) is 0 Å². The van der Waals surface area contributed by atoms with Crippen LogP contribution in [0.1, 0.15) is 31.4 Å². The molecule has 2 unspecified atom stereocenters. The molecule has 1 saturated carbocycles. The van der Waals surface area contributed by atoms with Crippen molar-refractivity contribution in [1.82, 2.24) is 9.78 Å². The number of nitrogens with one attached hydrogen (secondary N) is 1. The molecule has 1 aliphatic rings. The smallest absolute Gasteiger partial charge is 0.147 e. The Morgan fingerprint density at radius 2 is 2.18 bits per heavy atom. The minimum Gasteiger partial charge on any atom is -0.394 e. The lowest BCUT2D eigenvalue weighted by Crippen LogP contribution is -2.30. The summed E-state index contributed by atoms with van der Waals surface area (Å²) in [6.45, 7) is 2.67. The Balaban J connectivity index is 1.97. The second kappa shape index (κ2) is 4.96. The van der Waals surface area contributed by atoms with Gasteiger partial charge >= 0.3 is 0 Å². The third-order valence-electron chi connectivity index (χ3n) is 3.67. The zero-order chi connectivity index (χ0) is 12.4. The summed E-state index contributed by atoms with van der Waals surface area (Å²) in [5, 5.41) is 17.5. The van der Waals surface area contributed by atoms with Gasteiger partial charge in [0, 0.05) is 19.5 Å². The number of hydrogen-bond donors (Lipinski definition) is 3. The van der Waals surface area contributed by atoms with E-state index in [2.05, 4.69) is 10.4 Å². The van der Waals surface area contributed by atoms with Crippen LogP contribution in [0.4, 0.5) is 11.5 Å². The van der Waals surface area contributed by atoms with E-state index in [0.717, 1.165) is 37.3 Å². The van der Waals surface area contributed by atoms with Crippen molar-refractivity contribution in [3.05, 3.63) is 5.69 Å². The van der Waals surface area contributed by atoms with Gasteiger partial charge in [-0.1, -0.05) is 12.8 Å². The van der Waals surface area contributed by atoms with Crippen LogP contribution in [-0.2, 0) is 7.05 Å². The van der Waals surface area contributed by atoms with E-state index in [4.69, 9.17) is 5.73 Å². The molecule has 0 aliphatic heterocycles. The third kappa shape index (κ3) is 2.54. The van der Waals surface area contributed by atoms with E-state index in [1.807, 2.05) is 14.0 Å². The first kappa shape index (κ1) is 12.2.